The Kier molecular flexibility index (Phi) is 7.48. The Morgan fingerprint density at radius 3 is 2.45 bits per heavy atom. The van der Waals surface area contributed by atoms with Crippen LogP contribution in [-0.4, -0.2) is 61.9 Å². The quantitative estimate of drug-likeness (QED) is 0.540. The molecule has 0 N–H and O–H groups in total. The molecular weight excluding hydrogens is 499 g/mol. The number of aryl methyl sites for hydroxylation is 1. The minimum Gasteiger partial charge on any atom is -0.497 e. The lowest BCUT2D eigenvalue weighted by molar-refractivity contribution is -0.148. The van der Waals surface area contributed by atoms with Crippen molar-refractivity contribution >= 4 is 38.9 Å². The number of hydrogen-bond donors (Lipinski definition) is 0. The third kappa shape index (κ3) is 5.89. The molecule has 3 rings (SSSR count). The number of aromatic nitrogens is 1. The van der Waals surface area contributed by atoms with E-state index in [0.29, 0.717) is 40.5 Å². The summed E-state index contributed by atoms with van der Waals surface area (Å²) in [5.74, 6) is 0.589. The molecule has 1 unspecified atom stereocenters. The number of piperidine rings is 1. The molecule has 2 heterocycles. The Morgan fingerprint density at radius 2 is 1.94 bits per heavy atom. The number of thiazole rings is 1. The van der Waals surface area contributed by atoms with Gasteiger partial charge in [0, 0.05) is 29.6 Å². The number of amides is 1. The van der Waals surface area contributed by atoms with Crippen molar-refractivity contribution in [1.29, 1.82) is 0 Å². The number of hydrogen-bond acceptors (Lipinski definition) is 6. The molecule has 1 aliphatic rings. The van der Waals surface area contributed by atoms with Crippen molar-refractivity contribution in [1.82, 2.24) is 9.88 Å². The molecule has 1 aromatic carbocycles. The van der Waals surface area contributed by atoms with Crippen molar-refractivity contribution in [2.24, 2.45) is 0 Å². The maximum Gasteiger partial charge on any atom is 0.401 e. The fourth-order valence-electron chi connectivity index (χ4n) is 3.74. The van der Waals surface area contributed by atoms with E-state index in [1.807, 2.05) is 0 Å². The standard InChI is InChI=1S/C20H23BrF3N3O3S/c1-12-17(25-19(21)31-12)18(28)27(14-7-15(29-2)9-16(8-14)30-3)13-5-4-6-26(10-13)11-20(22,23)24/h7-9,13H,4-6,10-11H2,1-3H3. The van der Waals surface area contributed by atoms with Gasteiger partial charge in [0.05, 0.1) is 32.5 Å². The second-order valence-electron chi connectivity index (χ2n) is 7.26. The van der Waals surface area contributed by atoms with Crippen LogP contribution in [0.5, 0.6) is 11.5 Å². The van der Waals surface area contributed by atoms with Gasteiger partial charge in [0.1, 0.15) is 17.2 Å². The number of carbonyl (C=O) groups excluding carboxylic acids is 1. The Labute approximate surface area is 191 Å². The van der Waals surface area contributed by atoms with Crippen molar-refractivity contribution in [3.05, 3.63) is 32.7 Å². The number of rotatable bonds is 6. The fourth-order valence-corrected chi connectivity index (χ4v) is 5.27. The number of benzene rings is 1. The van der Waals surface area contributed by atoms with Gasteiger partial charge in [-0.2, -0.15) is 13.2 Å². The van der Waals surface area contributed by atoms with E-state index < -0.39 is 18.8 Å². The highest BCUT2D eigenvalue weighted by molar-refractivity contribution is 9.11. The van der Waals surface area contributed by atoms with Crippen LogP contribution in [0.3, 0.4) is 0 Å². The fraction of sp³-hybridized carbons (Fsp3) is 0.500. The first-order chi connectivity index (χ1) is 14.6. The molecule has 2 aromatic rings. The number of nitrogens with zero attached hydrogens (tertiary/aromatic N) is 3. The predicted octanol–water partition coefficient (Wildman–Crippen LogP) is 4.90. The topological polar surface area (TPSA) is 54.9 Å². The van der Waals surface area contributed by atoms with Gasteiger partial charge in [-0.3, -0.25) is 9.69 Å². The van der Waals surface area contributed by atoms with Gasteiger partial charge < -0.3 is 14.4 Å². The number of likely N-dealkylation sites (tertiary alicyclic amines) is 1. The number of anilines is 1. The summed E-state index contributed by atoms with van der Waals surface area (Å²) in [5, 5.41) is 0. The van der Waals surface area contributed by atoms with Crippen LogP contribution in [0.25, 0.3) is 0 Å². The first-order valence-corrected chi connectivity index (χ1v) is 11.2. The number of methoxy groups -OCH3 is 2. The zero-order chi connectivity index (χ0) is 22.8. The minimum absolute atomic E-state index is 0.106. The highest BCUT2D eigenvalue weighted by Crippen LogP contribution is 2.34. The lowest BCUT2D eigenvalue weighted by Crippen LogP contribution is -2.52. The van der Waals surface area contributed by atoms with E-state index in [2.05, 4.69) is 20.9 Å². The summed E-state index contributed by atoms with van der Waals surface area (Å²) in [5.41, 5.74) is 0.759. The molecule has 6 nitrogen and oxygen atoms in total. The van der Waals surface area contributed by atoms with Crippen LogP contribution < -0.4 is 14.4 Å². The molecule has 0 aliphatic carbocycles. The average molecular weight is 522 g/mol. The zero-order valence-corrected chi connectivity index (χ0v) is 19.7. The summed E-state index contributed by atoms with van der Waals surface area (Å²) in [7, 11) is 3.00. The summed E-state index contributed by atoms with van der Waals surface area (Å²) in [4.78, 5) is 21.5. The summed E-state index contributed by atoms with van der Waals surface area (Å²) < 4.78 is 50.2. The third-order valence-electron chi connectivity index (χ3n) is 5.05. The van der Waals surface area contributed by atoms with E-state index in [9.17, 15) is 18.0 Å². The molecule has 31 heavy (non-hydrogen) atoms. The third-order valence-corrected chi connectivity index (χ3v) is 6.48. The molecule has 170 valence electrons. The normalized spacial score (nSPS) is 17.5. The van der Waals surface area contributed by atoms with Gasteiger partial charge >= 0.3 is 6.18 Å². The van der Waals surface area contributed by atoms with Crippen LogP contribution in [0.15, 0.2) is 22.1 Å². The van der Waals surface area contributed by atoms with Crippen LogP contribution in [0.2, 0.25) is 0 Å². The van der Waals surface area contributed by atoms with Gasteiger partial charge in [-0.1, -0.05) is 0 Å². The van der Waals surface area contributed by atoms with E-state index in [-0.39, 0.29) is 18.1 Å². The smallest absolute Gasteiger partial charge is 0.401 e. The molecule has 1 saturated heterocycles. The van der Waals surface area contributed by atoms with Crippen molar-refractivity contribution in [2.75, 3.05) is 38.8 Å². The molecule has 11 heteroatoms. The largest absolute Gasteiger partial charge is 0.497 e. The number of halogens is 4. The van der Waals surface area contributed by atoms with Gasteiger partial charge in [-0.25, -0.2) is 4.98 Å². The molecule has 1 amide bonds. The zero-order valence-electron chi connectivity index (χ0n) is 17.3. The second kappa shape index (κ2) is 9.74. The molecule has 1 atom stereocenters. The van der Waals surface area contributed by atoms with Crippen LogP contribution in [0.1, 0.15) is 28.2 Å². The van der Waals surface area contributed by atoms with Crippen molar-refractivity contribution in [3.63, 3.8) is 0 Å². The lowest BCUT2D eigenvalue weighted by atomic mass is 10.0. The summed E-state index contributed by atoms with van der Waals surface area (Å²) >= 11 is 4.63. The van der Waals surface area contributed by atoms with Crippen molar-refractivity contribution in [3.8, 4) is 11.5 Å². The van der Waals surface area contributed by atoms with Gasteiger partial charge in [0.15, 0.2) is 3.92 Å². The van der Waals surface area contributed by atoms with E-state index >= 15 is 0 Å². The average Bonchev–Trinajstić information content (AvgIpc) is 3.04. The Morgan fingerprint density at radius 1 is 1.29 bits per heavy atom. The Hall–Kier alpha value is -1.85. The van der Waals surface area contributed by atoms with Gasteiger partial charge in [0.25, 0.3) is 5.91 Å². The molecule has 1 aromatic heterocycles. The molecule has 0 saturated carbocycles. The highest BCUT2D eigenvalue weighted by Gasteiger charge is 2.37. The van der Waals surface area contributed by atoms with E-state index in [1.165, 1.54) is 35.4 Å². The van der Waals surface area contributed by atoms with E-state index in [0.717, 1.165) is 4.88 Å². The minimum atomic E-state index is -4.30. The number of alkyl halides is 3. The number of ether oxygens (including phenoxy) is 2. The molecule has 1 aliphatic heterocycles. The van der Waals surface area contributed by atoms with Crippen molar-refractivity contribution < 1.29 is 27.4 Å². The SMILES string of the molecule is COc1cc(OC)cc(N(C(=O)c2nc(Br)sc2C)C2CCCN(CC(F)(F)F)C2)c1. The Balaban J connectivity index is 2.02. The van der Waals surface area contributed by atoms with Crippen LogP contribution in [0, 0.1) is 6.92 Å². The summed E-state index contributed by atoms with van der Waals surface area (Å²) in [6.07, 6.45) is -3.18. The van der Waals surface area contributed by atoms with Gasteiger partial charge in [0.2, 0.25) is 0 Å². The molecular formula is C20H23BrF3N3O3S. The summed E-state index contributed by atoms with van der Waals surface area (Å²) in [6, 6.07) is 4.58. The second-order valence-corrected chi connectivity index (χ2v) is 9.74. The molecule has 0 radical (unpaired) electrons. The van der Waals surface area contributed by atoms with Crippen molar-refractivity contribution in [2.45, 2.75) is 32.0 Å². The van der Waals surface area contributed by atoms with Crippen LogP contribution in [0.4, 0.5) is 18.9 Å². The predicted molar refractivity (Wildman–Crippen MR) is 116 cm³/mol. The molecule has 1 fully saturated rings. The first kappa shape index (κ1) is 23.8. The summed E-state index contributed by atoms with van der Waals surface area (Å²) in [6.45, 7) is 1.22. The van der Waals surface area contributed by atoms with E-state index in [1.54, 1.807) is 25.1 Å². The molecule has 0 spiro atoms. The number of carbonyl (C=O) groups is 1. The highest BCUT2D eigenvalue weighted by atomic mass is 79.9. The molecule has 0 bridgehead atoms. The van der Waals surface area contributed by atoms with Gasteiger partial charge in [-0.05, 0) is 42.2 Å². The van der Waals surface area contributed by atoms with E-state index in [4.69, 9.17) is 9.47 Å². The van der Waals surface area contributed by atoms with Crippen LogP contribution in [-0.2, 0) is 0 Å². The first-order valence-electron chi connectivity index (χ1n) is 9.60. The van der Waals surface area contributed by atoms with Gasteiger partial charge in [-0.15, -0.1) is 11.3 Å². The van der Waals surface area contributed by atoms with Crippen LogP contribution >= 0.6 is 27.3 Å². The maximum absolute atomic E-state index is 13.6. The Bertz CT molecular complexity index is 916. The maximum atomic E-state index is 13.6. The lowest BCUT2D eigenvalue weighted by Gasteiger charge is -2.39. The monoisotopic (exact) mass is 521 g/mol.